The lowest BCUT2D eigenvalue weighted by atomic mass is 10.0. The third kappa shape index (κ3) is 6.77. The zero-order chi connectivity index (χ0) is 25.5. The molecule has 0 bridgehead atoms. The van der Waals surface area contributed by atoms with Gasteiger partial charge in [-0.25, -0.2) is 4.79 Å². The van der Waals surface area contributed by atoms with E-state index in [1.54, 1.807) is 6.08 Å². The summed E-state index contributed by atoms with van der Waals surface area (Å²) in [5, 5.41) is 2.59. The summed E-state index contributed by atoms with van der Waals surface area (Å²) in [5.41, 5.74) is 0. The smallest absolute Gasteiger partial charge is 0.331 e. The van der Waals surface area contributed by atoms with E-state index in [1.165, 1.54) is 19.3 Å². The van der Waals surface area contributed by atoms with Gasteiger partial charge in [-0.15, -0.1) is 11.8 Å². The molecule has 0 aliphatic carbocycles. The predicted octanol–water partition coefficient (Wildman–Crippen LogP) is 7.41. The Bertz CT molecular complexity index is 757. The summed E-state index contributed by atoms with van der Waals surface area (Å²) in [4.78, 5) is 11.5. The molecule has 0 saturated carbocycles. The first-order valence-electron chi connectivity index (χ1n) is 13.0. The fourth-order valence-electron chi connectivity index (χ4n) is 4.31. The fraction of sp³-hybridized carbons (Fsp3) is 0.885. The highest BCUT2D eigenvalue weighted by Crippen LogP contribution is 2.50. The molecule has 0 aromatic heterocycles. The first-order valence-corrected chi connectivity index (χ1v) is 20.7. The Kier molecular flexibility index (Phi) is 8.95. The van der Waals surface area contributed by atoms with Gasteiger partial charge >= 0.3 is 5.97 Å². The molecule has 0 aromatic carbocycles. The summed E-state index contributed by atoms with van der Waals surface area (Å²) in [6.07, 6.45) is 8.47. The van der Waals surface area contributed by atoms with Gasteiger partial charge in [0.05, 0.1) is 12.7 Å². The van der Waals surface area contributed by atoms with Crippen LogP contribution in [0.5, 0.6) is 0 Å². The van der Waals surface area contributed by atoms with Crippen molar-refractivity contribution in [2.45, 2.75) is 137 Å². The van der Waals surface area contributed by atoms with Gasteiger partial charge in [-0.05, 0) is 68.0 Å². The molecule has 0 N–H and O–H groups in total. The van der Waals surface area contributed by atoms with Gasteiger partial charge in [-0.3, -0.25) is 0 Å². The topological polar surface area (TPSA) is 44.8 Å². The first kappa shape index (κ1) is 28.8. The molecule has 0 aromatic rings. The van der Waals surface area contributed by atoms with Crippen molar-refractivity contribution in [1.82, 2.24) is 0 Å². The van der Waals surface area contributed by atoms with Gasteiger partial charge in [0.1, 0.15) is 6.10 Å². The third-order valence-corrected chi connectivity index (χ3v) is 21.5. The van der Waals surface area contributed by atoms with E-state index in [-0.39, 0.29) is 28.3 Å². The molecule has 4 nitrogen and oxygen atoms in total. The number of rotatable bonds is 8. The summed E-state index contributed by atoms with van der Waals surface area (Å²) in [7, 11) is -3.74. The largest absolute Gasteiger partial charge is 0.454 e. The molecular formula is C26H48O4S2Si2. The Morgan fingerprint density at radius 2 is 1.47 bits per heavy atom. The highest BCUT2D eigenvalue weighted by atomic mass is 32.2. The maximum Gasteiger partial charge on any atom is 0.331 e. The lowest BCUT2D eigenvalue weighted by molar-refractivity contribution is -0.138. The molecule has 2 saturated heterocycles. The lowest BCUT2D eigenvalue weighted by Crippen LogP contribution is -2.50. The van der Waals surface area contributed by atoms with Gasteiger partial charge in [-0.2, -0.15) is 11.8 Å². The Labute approximate surface area is 219 Å². The minimum Gasteiger partial charge on any atom is -0.454 e. The maximum atomic E-state index is 11.5. The highest BCUT2D eigenvalue weighted by Gasteiger charge is 2.46. The lowest BCUT2D eigenvalue weighted by Gasteiger charge is -2.43. The van der Waals surface area contributed by atoms with Gasteiger partial charge in [0, 0.05) is 27.1 Å². The summed E-state index contributed by atoms with van der Waals surface area (Å²) >= 11 is 4.21. The van der Waals surface area contributed by atoms with Crippen LogP contribution in [0, 0.1) is 0 Å². The molecule has 3 aliphatic rings. The molecule has 3 rings (SSSR count). The molecule has 0 spiro atoms. The van der Waals surface area contributed by atoms with Gasteiger partial charge in [0.2, 0.25) is 0 Å². The third-order valence-electron chi connectivity index (χ3n) is 8.71. The second kappa shape index (κ2) is 10.6. The normalized spacial score (nSPS) is 31.8. The summed E-state index contributed by atoms with van der Waals surface area (Å²) < 4.78 is 19.3. The summed E-state index contributed by atoms with van der Waals surface area (Å²) in [6, 6.07) is 0. The molecule has 0 radical (unpaired) electrons. The van der Waals surface area contributed by atoms with Crippen LogP contribution in [-0.4, -0.2) is 62.4 Å². The zero-order valence-corrected chi connectivity index (χ0v) is 26.7. The monoisotopic (exact) mass is 544 g/mol. The van der Waals surface area contributed by atoms with Crippen LogP contribution >= 0.6 is 23.5 Å². The Balaban J connectivity index is 1.65. The average Bonchev–Trinajstić information content (AvgIpc) is 3.42. The number of carbonyl (C=O) groups excluding carboxylic acids is 1. The standard InChI is InChI=1S/C26H48O4S2Si2/c1-25(2,3)33(7,8)28-17-19(30-34(9,10)26(4,5)6)21-13-15-23(32-21)22-14-12-20(31-22)18-11-16-24(27)29-18/h11,16,18-23H,12-15,17H2,1-10H3/t18-,19+,20-,21+,22-,23+/m0/s1. The predicted molar refractivity (Wildman–Crippen MR) is 153 cm³/mol. The average molecular weight is 545 g/mol. The molecular weight excluding hydrogens is 497 g/mol. The summed E-state index contributed by atoms with van der Waals surface area (Å²) in [6.45, 7) is 24.1. The summed E-state index contributed by atoms with van der Waals surface area (Å²) in [5.74, 6) is -0.184. The SMILES string of the molecule is CC(C)(C)[Si](C)(C)OC[C@@H](O[Si](C)(C)C(C)(C)C)[C@H]1CC[C@H]([C@@H]2CC[C@@H]([C@@H]3C=CC(=O)O3)S2)S1. The quantitative estimate of drug-likeness (QED) is 0.234. The van der Waals surface area contributed by atoms with Crippen LogP contribution in [0.25, 0.3) is 0 Å². The van der Waals surface area contributed by atoms with Crippen molar-refractivity contribution in [2.24, 2.45) is 0 Å². The molecule has 0 amide bonds. The van der Waals surface area contributed by atoms with E-state index < -0.39 is 16.6 Å². The first-order chi connectivity index (χ1) is 15.5. The number of esters is 1. The molecule has 6 atom stereocenters. The van der Waals surface area contributed by atoms with Crippen molar-refractivity contribution in [3.8, 4) is 0 Å². The number of thioether (sulfide) groups is 2. The fourth-order valence-corrected chi connectivity index (χ4v) is 10.4. The molecule has 34 heavy (non-hydrogen) atoms. The van der Waals surface area contributed by atoms with E-state index in [4.69, 9.17) is 13.6 Å². The van der Waals surface area contributed by atoms with Crippen molar-refractivity contribution >= 4 is 46.1 Å². The molecule has 8 heteroatoms. The van der Waals surface area contributed by atoms with E-state index in [2.05, 4.69) is 91.3 Å². The minimum atomic E-state index is -1.91. The van der Waals surface area contributed by atoms with E-state index in [9.17, 15) is 4.79 Å². The molecule has 2 fully saturated rings. The number of hydrogen-bond donors (Lipinski definition) is 0. The van der Waals surface area contributed by atoms with Gasteiger partial charge in [0.15, 0.2) is 16.6 Å². The second-order valence-corrected chi connectivity index (χ2v) is 25.9. The van der Waals surface area contributed by atoms with E-state index in [0.29, 0.717) is 21.0 Å². The van der Waals surface area contributed by atoms with Crippen LogP contribution in [0.15, 0.2) is 12.2 Å². The second-order valence-electron chi connectivity index (χ2n) is 13.3. The minimum absolute atomic E-state index is 0.0302. The number of cyclic esters (lactones) is 1. The maximum absolute atomic E-state index is 11.5. The van der Waals surface area contributed by atoms with Crippen LogP contribution in [0.4, 0.5) is 0 Å². The van der Waals surface area contributed by atoms with Crippen molar-refractivity contribution in [2.75, 3.05) is 6.61 Å². The molecule has 3 aliphatic heterocycles. The van der Waals surface area contributed by atoms with Crippen LogP contribution in [-0.2, 0) is 18.4 Å². The van der Waals surface area contributed by atoms with Crippen LogP contribution in [0.2, 0.25) is 36.3 Å². The van der Waals surface area contributed by atoms with E-state index in [1.807, 2.05) is 6.08 Å². The van der Waals surface area contributed by atoms with Crippen molar-refractivity contribution in [3.05, 3.63) is 12.2 Å². The Morgan fingerprint density at radius 1 is 0.912 bits per heavy atom. The van der Waals surface area contributed by atoms with Crippen molar-refractivity contribution in [1.29, 1.82) is 0 Å². The number of hydrogen-bond acceptors (Lipinski definition) is 6. The zero-order valence-electron chi connectivity index (χ0n) is 23.1. The van der Waals surface area contributed by atoms with Crippen LogP contribution in [0.3, 0.4) is 0 Å². The molecule has 196 valence electrons. The highest BCUT2D eigenvalue weighted by molar-refractivity contribution is 8.04. The Hall–Kier alpha value is 0.264. The van der Waals surface area contributed by atoms with Gasteiger partial charge < -0.3 is 13.6 Å². The van der Waals surface area contributed by atoms with Crippen molar-refractivity contribution in [3.63, 3.8) is 0 Å². The molecule has 0 unspecified atom stereocenters. The van der Waals surface area contributed by atoms with E-state index >= 15 is 0 Å². The number of carbonyl (C=O) groups is 1. The van der Waals surface area contributed by atoms with E-state index in [0.717, 1.165) is 13.0 Å². The Morgan fingerprint density at radius 3 is 2.03 bits per heavy atom. The van der Waals surface area contributed by atoms with Crippen molar-refractivity contribution < 1.29 is 18.4 Å². The number of ether oxygens (including phenoxy) is 1. The van der Waals surface area contributed by atoms with Gasteiger partial charge in [0.25, 0.3) is 0 Å². The van der Waals surface area contributed by atoms with Crippen LogP contribution in [0.1, 0.15) is 67.2 Å². The van der Waals surface area contributed by atoms with Gasteiger partial charge in [-0.1, -0.05) is 41.5 Å². The van der Waals surface area contributed by atoms with Crippen LogP contribution < -0.4 is 0 Å². The molecule has 3 heterocycles.